The van der Waals surface area contributed by atoms with Crippen molar-refractivity contribution in [1.29, 1.82) is 0 Å². The number of rotatable bonds is 7. The lowest BCUT2D eigenvalue weighted by atomic mass is 10.1. The van der Waals surface area contributed by atoms with Crippen LogP contribution in [0.1, 0.15) is 17.1 Å². The Labute approximate surface area is 157 Å². The molecule has 0 fully saturated rings. The summed E-state index contributed by atoms with van der Waals surface area (Å²) in [4.78, 5) is 22.6. The largest absolute Gasteiger partial charge is 0.519 e. The molecule has 0 spiro atoms. The Morgan fingerprint density at radius 1 is 1.20 bits per heavy atom. The highest BCUT2D eigenvalue weighted by Gasteiger charge is 2.12. The highest BCUT2D eigenvalue weighted by Crippen LogP contribution is 2.30. The summed E-state index contributed by atoms with van der Waals surface area (Å²) in [7, 11) is 3.18. The number of hydrogen-bond acceptors (Lipinski definition) is 7. The number of hydrogen-bond donors (Lipinski definition) is 1. The summed E-state index contributed by atoms with van der Waals surface area (Å²) in [6.07, 6.45) is -0.0922. The summed E-state index contributed by atoms with van der Waals surface area (Å²) in [5.74, 6) is 1.11. The molecule has 1 heterocycles. The number of alkyl carbamates (subject to hydrolysis) is 1. The molecular weight excluding hydrogens is 445 g/mol. The van der Waals surface area contributed by atoms with Crippen LogP contribution < -0.4 is 20.6 Å². The third kappa shape index (κ3) is 5.15. The second-order valence-electron chi connectivity index (χ2n) is 4.98. The SMILES string of the molecule is COc1cc(CCNC(=O)OCc2oc(=O)oc2C)c(OC)cc1I. The van der Waals surface area contributed by atoms with Crippen molar-refractivity contribution in [2.24, 2.45) is 0 Å². The van der Waals surface area contributed by atoms with Gasteiger partial charge in [-0.2, -0.15) is 0 Å². The summed E-state index contributed by atoms with van der Waals surface area (Å²) < 4.78 is 26.0. The molecule has 1 N–H and O–H groups in total. The monoisotopic (exact) mass is 463 g/mol. The van der Waals surface area contributed by atoms with E-state index in [4.69, 9.17) is 18.6 Å². The van der Waals surface area contributed by atoms with Gasteiger partial charge >= 0.3 is 11.9 Å². The number of ether oxygens (including phenoxy) is 3. The normalized spacial score (nSPS) is 10.4. The van der Waals surface area contributed by atoms with Crippen LogP contribution in [-0.2, 0) is 17.8 Å². The lowest BCUT2D eigenvalue weighted by Gasteiger charge is -2.12. The molecule has 1 amide bonds. The first-order chi connectivity index (χ1) is 11.9. The van der Waals surface area contributed by atoms with E-state index in [-0.39, 0.29) is 18.1 Å². The number of carbonyl (C=O) groups is 1. The maximum absolute atomic E-state index is 11.7. The third-order valence-corrected chi connectivity index (χ3v) is 4.23. The fraction of sp³-hybridized carbons (Fsp3) is 0.375. The zero-order chi connectivity index (χ0) is 18.4. The van der Waals surface area contributed by atoms with Crippen LogP contribution in [0.15, 0.2) is 25.8 Å². The van der Waals surface area contributed by atoms with Crippen molar-refractivity contribution in [3.05, 3.63) is 43.4 Å². The van der Waals surface area contributed by atoms with Gasteiger partial charge in [0, 0.05) is 6.54 Å². The first kappa shape index (κ1) is 19.2. The average Bonchev–Trinajstić information content (AvgIpc) is 2.91. The zero-order valence-electron chi connectivity index (χ0n) is 14.0. The molecule has 2 rings (SSSR count). The molecule has 2 aromatic rings. The first-order valence-corrected chi connectivity index (χ1v) is 8.43. The topological polar surface area (TPSA) is 100 Å². The van der Waals surface area contributed by atoms with Crippen molar-refractivity contribution >= 4 is 28.7 Å². The van der Waals surface area contributed by atoms with E-state index in [1.165, 1.54) is 0 Å². The minimum absolute atomic E-state index is 0.177. The number of benzene rings is 1. The molecule has 25 heavy (non-hydrogen) atoms. The molecule has 0 atom stereocenters. The second-order valence-corrected chi connectivity index (χ2v) is 6.15. The molecule has 1 aromatic carbocycles. The van der Waals surface area contributed by atoms with Crippen molar-refractivity contribution in [1.82, 2.24) is 5.32 Å². The highest BCUT2D eigenvalue weighted by molar-refractivity contribution is 14.1. The minimum Gasteiger partial charge on any atom is -0.496 e. The van der Waals surface area contributed by atoms with Gasteiger partial charge in [-0.15, -0.1) is 0 Å². The lowest BCUT2D eigenvalue weighted by molar-refractivity contribution is 0.130. The standard InChI is InChI=1S/C16H18INO7/c1-9-14(25-16(20)24-9)8-23-15(19)18-5-4-10-6-13(22-3)11(17)7-12(10)21-2/h6-7H,4-5,8H2,1-3H3,(H,18,19). The van der Waals surface area contributed by atoms with Gasteiger partial charge in [0.05, 0.1) is 17.8 Å². The van der Waals surface area contributed by atoms with Gasteiger partial charge < -0.3 is 28.4 Å². The molecule has 1 aromatic heterocycles. The average molecular weight is 463 g/mol. The highest BCUT2D eigenvalue weighted by atomic mass is 127. The number of amides is 1. The smallest absolute Gasteiger partial charge is 0.496 e. The van der Waals surface area contributed by atoms with Crippen LogP contribution in [0, 0.1) is 10.5 Å². The van der Waals surface area contributed by atoms with E-state index in [1.807, 2.05) is 12.1 Å². The van der Waals surface area contributed by atoms with E-state index in [9.17, 15) is 9.59 Å². The number of nitrogens with one attached hydrogen (secondary N) is 1. The Kier molecular flexibility index (Phi) is 6.73. The Bertz CT molecular complexity index is 796. The van der Waals surface area contributed by atoms with Gasteiger partial charge in [0.2, 0.25) is 0 Å². The molecule has 0 aliphatic heterocycles. The van der Waals surface area contributed by atoms with Crippen molar-refractivity contribution in [3.8, 4) is 11.5 Å². The Morgan fingerprint density at radius 2 is 1.92 bits per heavy atom. The molecule has 136 valence electrons. The third-order valence-electron chi connectivity index (χ3n) is 3.39. The quantitative estimate of drug-likeness (QED) is 0.631. The molecule has 0 unspecified atom stereocenters. The molecule has 0 radical (unpaired) electrons. The van der Waals surface area contributed by atoms with Crippen molar-refractivity contribution in [3.63, 3.8) is 0 Å². The van der Waals surface area contributed by atoms with Crippen LogP contribution in [0.25, 0.3) is 0 Å². The van der Waals surface area contributed by atoms with Crippen LogP contribution in [0.3, 0.4) is 0 Å². The number of methoxy groups -OCH3 is 2. The van der Waals surface area contributed by atoms with Crippen molar-refractivity contribution < 1.29 is 27.8 Å². The molecule has 8 nitrogen and oxygen atoms in total. The predicted molar refractivity (Wildman–Crippen MR) is 96.1 cm³/mol. The maximum atomic E-state index is 11.7. The van der Waals surface area contributed by atoms with E-state index >= 15 is 0 Å². The van der Waals surface area contributed by atoms with Gasteiger partial charge in [-0.3, -0.25) is 0 Å². The van der Waals surface area contributed by atoms with E-state index in [0.29, 0.717) is 13.0 Å². The maximum Gasteiger partial charge on any atom is 0.519 e. The Hall–Kier alpha value is -2.17. The second kappa shape index (κ2) is 8.79. The zero-order valence-corrected chi connectivity index (χ0v) is 16.2. The van der Waals surface area contributed by atoms with Crippen LogP contribution in [-0.4, -0.2) is 26.9 Å². The van der Waals surface area contributed by atoms with Crippen LogP contribution in [0.4, 0.5) is 4.79 Å². The summed E-state index contributed by atoms with van der Waals surface area (Å²) >= 11 is 2.16. The summed E-state index contributed by atoms with van der Waals surface area (Å²) in [5.41, 5.74) is 0.900. The minimum atomic E-state index is -0.823. The van der Waals surface area contributed by atoms with Crippen LogP contribution in [0.5, 0.6) is 11.5 Å². The van der Waals surface area contributed by atoms with Gasteiger partial charge in [-0.05, 0) is 53.6 Å². The summed E-state index contributed by atoms with van der Waals surface area (Å²) in [6.45, 7) is 1.72. The number of carbonyl (C=O) groups excluding carboxylic acids is 1. The lowest BCUT2D eigenvalue weighted by Crippen LogP contribution is -2.26. The summed E-state index contributed by atoms with van der Waals surface area (Å²) in [6, 6.07) is 3.74. The fourth-order valence-corrected chi connectivity index (χ4v) is 2.77. The molecule has 0 aliphatic carbocycles. The van der Waals surface area contributed by atoms with E-state index in [1.54, 1.807) is 21.1 Å². The van der Waals surface area contributed by atoms with Crippen LogP contribution in [0.2, 0.25) is 0 Å². The number of halogens is 1. The first-order valence-electron chi connectivity index (χ1n) is 7.35. The van der Waals surface area contributed by atoms with Crippen molar-refractivity contribution in [2.75, 3.05) is 20.8 Å². The van der Waals surface area contributed by atoms with E-state index in [0.717, 1.165) is 20.6 Å². The van der Waals surface area contributed by atoms with Gasteiger partial charge in [0.25, 0.3) is 0 Å². The van der Waals surface area contributed by atoms with Gasteiger partial charge in [0.1, 0.15) is 11.5 Å². The Morgan fingerprint density at radius 3 is 2.52 bits per heavy atom. The molecular formula is C16H18INO7. The van der Waals surface area contributed by atoms with E-state index < -0.39 is 11.9 Å². The van der Waals surface area contributed by atoms with Gasteiger partial charge in [0.15, 0.2) is 18.1 Å². The van der Waals surface area contributed by atoms with Crippen molar-refractivity contribution in [2.45, 2.75) is 20.0 Å². The van der Waals surface area contributed by atoms with Gasteiger partial charge in [-0.1, -0.05) is 0 Å². The predicted octanol–water partition coefficient (Wildman–Crippen LogP) is 2.63. The van der Waals surface area contributed by atoms with Crippen LogP contribution >= 0.6 is 22.6 Å². The molecule has 9 heteroatoms. The molecule has 0 saturated heterocycles. The van der Waals surface area contributed by atoms with E-state index in [2.05, 4.69) is 32.3 Å². The molecule has 0 saturated carbocycles. The Balaban J connectivity index is 1.86. The number of aryl methyl sites for hydroxylation is 1. The molecule has 0 bridgehead atoms. The summed E-state index contributed by atoms with van der Waals surface area (Å²) in [5, 5.41) is 2.62. The van der Waals surface area contributed by atoms with Gasteiger partial charge in [-0.25, -0.2) is 9.59 Å². The molecule has 0 aliphatic rings. The fourth-order valence-electron chi connectivity index (χ4n) is 2.11.